The van der Waals surface area contributed by atoms with Gasteiger partial charge in [0.2, 0.25) is 5.28 Å². The predicted octanol–water partition coefficient (Wildman–Crippen LogP) is 7.78. The Morgan fingerprint density at radius 3 is 2.65 bits per heavy atom. The second-order valence-electron chi connectivity index (χ2n) is 9.48. The fourth-order valence-electron chi connectivity index (χ4n) is 5.09. The van der Waals surface area contributed by atoms with E-state index in [9.17, 15) is 0 Å². The summed E-state index contributed by atoms with van der Waals surface area (Å²) in [7, 11) is 0. The highest BCUT2D eigenvalue weighted by atomic mass is 35.5. The molecule has 4 rings (SSSR count). The lowest BCUT2D eigenvalue weighted by Gasteiger charge is -2.26. The molecule has 3 nitrogen and oxygen atoms in total. The molecule has 0 spiro atoms. The van der Waals surface area contributed by atoms with Crippen molar-refractivity contribution in [3.8, 4) is 0 Å². The summed E-state index contributed by atoms with van der Waals surface area (Å²) < 4.78 is 0. The Kier molecular flexibility index (Phi) is 7.76. The fraction of sp³-hybridized carbons (Fsp3) is 0.593. The Bertz CT molecular complexity index is 903. The number of fused-ring (bicyclic) bond motifs is 1. The maximum Gasteiger partial charge on any atom is 0.226 e. The summed E-state index contributed by atoms with van der Waals surface area (Å²) in [6, 6.07) is 8.77. The second kappa shape index (κ2) is 10.7. The number of aromatic nitrogens is 3. The minimum absolute atomic E-state index is 0.328. The maximum atomic E-state index is 6.37. The molecule has 1 fully saturated rings. The number of nitrogens with zero attached hydrogens (tertiary/aromatic N) is 3. The number of halogens is 1. The van der Waals surface area contributed by atoms with Gasteiger partial charge >= 0.3 is 0 Å². The van der Waals surface area contributed by atoms with E-state index in [1.54, 1.807) is 0 Å². The normalized spacial score (nSPS) is 20.2. The zero-order valence-electron chi connectivity index (χ0n) is 19.1. The lowest BCUT2D eigenvalue weighted by molar-refractivity contribution is 0.324. The van der Waals surface area contributed by atoms with Crippen LogP contribution in [0.2, 0.25) is 5.28 Å². The van der Waals surface area contributed by atoms with Crippen LogP contribution in [0, 0.1) is 11.8 Å². The molecule has 0 bridgehead atoms. The van der Waals surface area contributed by atoms with Crippen LogP contribution in [0.1, 0.15) is 107 Å². The Morgan fingerprint density at radius 1 is 1.06 bits per heavy atom. The van der Waals surface area contributed by atoms with Crippen molar-refractivity contribution < 1.29 is 0 Å². The van der Waals surface area contributed by atoms with Gasteiger partial charge in [0.05, 0.1) is 0 Å². The van der Waals surface area contributed by atoms with Gasteiger partial charge in [-0.15, -0.1) is 0 Å². The summed E-state index contributed by atoms with van der Waals surface area (Å²) in [4.78, 5) is 14.0. The molecule has 1 aromatic heterocycles. The smallest absolute Gasteiger partial charge is 0.213 e. The van der Waals surface area contributed by atoms with Crippen molar-refractivity contribution >= 4 is 17.2 Å². The average molecular weight is 438 g/mol. The molecule has 1 heterocycles. The summed E-state index contributed by atoms with van der Waals surface area (Å²) in [5.41, 5.74) is 3.81. The number of allylic oxidation sites excluding steroid dienone is 1. The Labute approximate surface area is 192 Å². The largest absolute Gasteiger partial charge is 0.226 e. The molecule has 31 heavy (non-hydrogen) atoms. The third-order valence-electron chi connectivity index (χ3n) is 7.33. The van der Waals surface area contributed by atoms with E-state index in [4.69, 9.17) is 16.6 Å². The predicted molar refractivity (Wildman–Crippen MR) is 129 cm³/mol. The second-order valence-corrected chi connectivity index (χ2v) is 9.82. The van der Waals surface area contributed by atoms with E-state index in [2.05, 4.69) is 54.2 Å². The molecule has 0 aliphatic heterocycles. The van der Waals surface area contributed by atoms with E-state index in [0.717, 1.165) is 48.8 Å². The molecular weight excluding hydrogens is 402 g/mol. The van der Waals surface area contributed by atoms with Crippen LogP contribution in [0.15, 0.2) is 30.3 Å². The fourth-order valence-corrected chi connectivity index (χ4v) is 5.25. The molecule has 0 radical (unpaired) electrons. The maximum absolute atomic E-state index is 6.37. The summed E-state index contributed by atoms with van der Waals surface area (Å²) in [5, 5.41) is 0.328. The van der Waals surface area contributed by atoms with E-state index in [0.29, 0.717) is 17.1 Å². The number of hydrogen-bond donors (Lipinski definition) is 0. The summed E-state index contributed by atoms with van der Waals surface area (Å²) in [6.45, 7) is 4.65. The van der Waals surface area contributed by atoms with Crippen LogP contribution in [0.25, 0.3) is 5.57 Å². The molecule has 2 aliphatic rings. The first-order chi connectivity index (χ1) is 15.2. The molecule has 2 atom stereocenters. The molecular formula is C27H36ClN3. The Hall–Kier alpha value is -1.74. The average Bonchev–Trinajstić information content (AvgIpc) is 2.72. The van der Waals surface area contributed by atoms with Gasteiger partial charge in [0, 0.05) is 11.5 Å². The molecule has 1 aromatic carbocycles. The minimum Gasteiger partial charge on any atom is -0.213 e. The van der Waals surface area contributed by atoms with Crippen molar-refractivity contribution in [2.24, 2.45) is 11.8 Å². The Morgan fingerprint density at radius 2 is 1.90 bits per heavy atom. The van der Waals surface area contributed by atoms with Gasteiger partial charge in [0.25, 0.3) is 0 Å². The molecule has 2 unspecified atom stereocenters. The van der Waals surface area contributed by atoms with Crippen molar-refractivity contribution in [3.05, 3.63) is 58.4 Å². The van der Waals surface area contributed by atoms with Crippen molar-refractivity contribution in [1.29, 1.82) is 0 Å². The number of aryl methyl sites for hydroxylation is 1. The first-order valence-corrected chi connectivity index (χ1v) is 12.8. The molecule has 166 valence electrons. The first-order valence-electron chi connectivity index (χ1n) is 12.4. The van der Waals surface area contributed by atoms with Crippen LogP contribution in [0.3, 0.4) is 0 Å². The van der Waals surface area contributed by atoms with Gasteiger partial charge in [-0.25, -0.2) is 9.97 Å². The molecule has 2 aliphatic carbocycles. The van der Waals surface area contributed by atoms with Gasteiger partial charge in [0.15, 0.2) is 5.82 Å². The third-order valence-corrected chi connectivity index (χ3v) is 7.50. The highest BCUT2D eigenvalue weighted by molar-refractivity contribution is 6.28. The number of unbranched alkanes of at least 4 members (excludes halogenated alkanes) is 1. The number of benzene rings is 1. The minimum atomic E-state index is 0.328. The van der Waals surface area contributed by atoms with Crippen molar-refractivity contribution in [1.82, 2.24) is 15.0 Å². The van der Waals surface area contributed by atoms with E-state index >= 15 is 0 Å². The van der Waals surface area contributed by atoms with Crippen molar-refractivity contribution in [2.45, 2.75) is 90.4 Å². The molecule has 4 heteroatoms. The topological polar surface area (TPSA) is 38.7 Å². The van der Waals surface area contributed by atoms with Crippen LogP contribution in [0.5, 0.6) is 0 Å². The summed E-state index contributed by atoms with van der Waals surface area (Å²) >= 11 is 6.37. The quantitative estimate of drug-likeness (QED) is 0.423. The van der Waals surface area contributed by atoms with Gasteiger partial charge in [-0.3, -0.25) is 0 Å². The first kappa shape index (κ1) is 22.5. The van der Waals surface area contributed by atoms with E-state index < -0.39 is 0 Å². The zero-order chi connectivity index (χ0) is 21.6. The summed E-state index contributed by atoms with van der Waals surface area (Å²) in [6.07, 6.45) is 16.1. The van der Waals surface area contributed by atoms with Crippen molar-refractivity contribution in [2.75, 3.05) is 0 Å². The highest BCUT2D eigenvalue weighted by Crippen LogP contribution is 2.37. The van der Waals surface area contributed by atoms with Crippen molar-refractivity contribution in [3.63, 3.8) is 0 Å². The molecule has 0 N–H and O–H groups in total. The van der Waals surface area contributed by atoms with Gasteiger partial charge in [-0.2, -0.15) is 4.98 Å². The monoisotopic (exact) mass is 437 g/mol. The van der Waals surface area contributed by atoms with Crippen LogP contribution in [-0.4, -0.2) is 15.0 Å². The standard InChI is InChI=1S/C27H36ClN3/c1-3-5-9-19(4-2)18-20-14-16-21-10-6-7-13-23(21)24(17-15-20)26-29-25(22-11-8-12-22)30-27(28)31-26/h6-7,10,13,17,19-20,22H,3-5,8-9,11-12,14-16,18H2,1-2H3. The lowest BCUT2D eigenvalue weighted by atomic mass is 9.81. The van der Waals surface area contributed by atoms with Gasteiger partial charge in [-0.05, 0) is 73.1 Å². The molecule has 0 saturated heterocycles. The highest BCUT2D eigenvalue weighted by Gasteiger charge is 2.26. The summed E-state index contributed by atoms with van der Waals surface area (Å²) in [5.74, 6) is 3.64. The lowest BCUT2D eigenvalue weighted by Crippen LogP contribution is -2.16. The van der Waals surface area contributed by atoms with Gasteiger partial charge < -0.3 is 0 Å². The van der Waals surface area contributed by atoms with E-state index in [-0.39, 0.29) is 0 Å². The van der Waals surface area contributed by atoms with Crippen LogP contribution in [0.4, 0.5) is 0 Å². The Balaban J connectivity index is 1.64. The number of rotatable bonds is 8. The van der Waals surface area contributed by atoms with E-state index in [1.807, 2.05) is 0 Å². The molecule has 2 aromatic rings. The van der Waals surface area contributed by atoms with E-state index in [1.165, 1.54) is 56.1 Å². The van der Waals surface area contributed by atoms with Crippen LogP contribution in [-0.2, 0) is 6.42 Å². The molecule has 0 amide bonds. The van der Waals surface area contributed by atoms with Gasteiger partial charge in [-0.1, -0.05) is 76.3 Å². The molecule has 1 saturated carbocycles. The van der Waals surface area contributed by atoms with Crippen LogP contribution >= 0.6 is 11.6 Å². The number of hydrogen-bond acceptors (Lipinski definition) is 3. The SMILES string of the molecule is CCCCC(CC)CC1CC=C(c2nc(Cl)nc(C3CCC3)n2)c2ccccc2CC1. The van der Waals surface area contributed by atoms with Crippen LogP contribution < -0.4 is 0 Å². The van der Waals surface area contributed by atoms with Gasteiger partial charge in [0.1, 0.15) is 5.82 Å². The zero-order valence-corrected chi connectivity index (χ0v) is 19.9. The third kappa shape index (κ3) is 5.55.